The van der Waals surface area contributed by atoms with E-state index in [1.807, 2.05) is 6.07 Å². The normalized spacial score (nSPS) is 11.6. The number of nitrogens with one attached hydrogen (secondary N) is 1. The van der Waals surface area contributed by atoms with E-state index in [0.717, 1.165) is 5.56 Å². The third-order valence-corrected chi connectivity index (χ3v) is 2.03. The molecule has 0 aromatic carbocycles. The van der Waals surface area contributed by atoms with Gasteiger partial charge in [0.2, 0.25) is 5.91 Å². The molecule has 5 heteroatoms. The van der Waals surface area contributed by atoms with E-state index >= 15 is 0 Å². The van der Waals surface area contributed by atoms with Crippen molar-refractivity contribution in [1.29, 1.82) is 0 Å². The van der Waals surface area contributed by atoms with Gasteiger partial charge in [-0.3, -0.25) is 9.78 Å². The molecular formula is C11H14N2O3. The highest BCUT2D eigenvalue weighted by atomic mass is 16.5. The van der Waals surface area contributed by atoms with Gasteiger partial charge in [-0.2, -0.15) is 0 Å². The van der Waals surface area contributed by atoms with E-state index in [0.29, 0.717) is 6.42 Å². The van der Waals surface area contributed by atoms with Gasteiger partial charge in [0.1, 0.15) is 6.04 Å². The van der Waals surface area contributed by atoms with E-state index in [4.69, 9.17) is 0 Å². The van der Waals surface area contributed by atoms with E-state index in [9.17, 15) is 9.59 Å². The van der Waals surface area contributed by atoms with Gasteiger partial charge in [0, 0.05) is 25.7 Å². The maximum atomic E-state index is 11.4. The Hall–Kier alpha value is -1.91. The SMILES string of the molecule is COC(=O)[C@H](Cc1cccnc1)NC(C)=O. The van der Waals surface area contributed by atoms with Gasteiger partial charge in [0.25, 0.3) is 0 Å². The Morgan fingerprint density at radius 1 is 1.56 bits per heavy atom. The zero-order chi connectivity index (χ0) is 12.0. The minimum Gasteiger partial charge on any atom is -0.467 e. The van der Waals surface area contributed by atoms with Crippen LogP contribution in [-0.4, -0.2) is 30.0 Å². The fraction of sp³-hybridized carbons (Fsp3) is 0.364. The van der Waals surface area contributed by atoms with Crippen molar-refractivity contribution < 1.29 is 14.3 Å². The predicted octanol–water partition coefficient (Wildman–Crippen LogP) is 0.302. The topological polar surface area (TPSA) is 68.3 Å². The number of hydrogen-bond acceptors (Lipinski definition) is 4. The first-order valence-corrected chi connectivity index (χ1v) is 4.87. The summed E-state index contributed by atoms with van der Waals surface area (Å²) >= 11 is 0. The van der Waals surface area contributed by atoms with Crippen LogP contribution < -0.4 is 5.32 Å². The summed E-state index contributed by atoms with van der Waals surface area (Å²) in [5.41, 5.74) is 0.867. The third-order valence-electron chi connectivity index (χ3n) is 2.03. The average Bonchev–Trinajstić information content (AvgIpc) is 2.28. The number of carbonyl (C=O) groups is 2. The summed E-state index contributed by atoms with van der Waals surface area (Å²) in [5.74, 6) is -0.724. The molecule has 1 N–H and O–H groups in total. The molecule has 1 aromatic rings. The molecule has 5 nitrogen and oxygen atoms in total. The molecule has 0 radical (unpaired) electrons. The number of hydrogen-bond donors (Lipinski definition) is 1. The van der Waals surface area contributed by atoms with E-state index in [1.54, 1.807) is 18.5 Å². The predicted molar refractivity (Wildman–Crippen MR) is 57.6 cm³/mol. The number of ether oxygens (including phenoxy) is 1. The Balaban J connectivity index is 2.70. The van der Waals surface area contributed by atoms with Crippen molar-refractivity contribution in [2.75, 3.05) is 7.11 Å². The van der Waals surface area contributed by atoms with Crippen LogP contribution in [0.1, 0.15) is 12.5 Å². The Morgan fingerprint density at radius 3 is 2.81 bits per heavy atom. The summed E-state index contributed by atoms with van der Waals surface area (Å²) in [4.78, 5) is 26.3. The first-order valence-electron chi connectivity index (χ1n) is 4.87. The molecule has 16 heavy (non-hydrogen) atoms. The van der Waals surface area contributed by atoms with Crippen molar-refractivity contribution in [1.82, 2.24) is 10.3 Å². The molecule has 1 aromatic heterocycles. The van der Waals surface area contributed by atoms with Crippen LogP contribution in [0.5, 0.6) is 0 Å². The molecule has 0 unspecified atom stereocenters. The summed E-state index contributed by atoms with van der Waals surface area (Å²) in [6, 6.07) is 2.95. The monoisotopic (exact) mass is 222 g/mol. The van der Waals surface area contributed by atoms with Crippen LogP contribution >= 0.6 is 0 Å². The van der Waals surface area contributed by atoms with Crippen LogP contribution in [0.2, 0.25) is 0 Å². The number of pyridine rings is 1. The lowest BCUT2D eigenvalue weighted by Gasteiger charge is -2.14. The lowest BCUT2D eigenvalue weighted by Crippen LogP contribution is -2.41. The number of rotatable bonds is 4. The molecule has 0 bridgehead atoms. The summed E-state index contributed by atoms with van der Waals surface area (Å²) in [6.45, 7) is 1.36. The van der Waals surface area contributed by atoms with Gasteiger partial charge < -0.3 is 10.1 Å². The highest BCUT2D eigenvalue weighted by Gasteiger charge is 2.20. The fourth-order valence-corrected chi connectivity index (χ4v) is 1.34. The lowest BCUT2D eigenvalue weighted by atomic mass is 10.1. The Kier molecular flexibility index (Phi) is 4.44. The molecular weight excluding hydrogens is 208 g/mol. The second-order valence-corrected chi connectivity index (χ2v) is 3.34. The summed E-state index contributed by atoms with van der Waals surface area (Å²) in [5, 5.41) is 2.54. The molecule has 0 saturated heterocycles. The fourth-order valence-electron chi connectivity index (χ4n) is 1.34. The van der Waals surface area contributed by atoms with Crippen LogP contribution in [0.3, 0.4) is 0 Å². The van der Waals surface area contributed by atoms with Gasteiger partial charge >= 0.3 is 5.97 Å². The largest absolute Gasteiger partial charge is 0.467 e. The minimum absolute atomic E-state index is 0.265. The van der Waals surface area contributed by atoms with E-state index in [1.165, 1.54) is 14.0 Å². The zero-order valence-electron chi connectivity index (χ0n) is 9.27. The Morgan fingerprint density at radius 2 is 2.31 bits per heavy atom. The second-order valence-electron chi connectivity index (χ2n) is 3.34. The molecule has 1 heterocycles. The van der Waals surface area contributed by atoms with Crippen molar-refractivity contribution in [2.24, 2.45) is 0 Å². The number of esters is 1. The van der Waals surface area contributed by atoms with Crippen molar-refractivity contribution in [3.63, 3.8) is 0 Å². The van der Waals surface area contributed by atoms with E-state index < -0.39 is 12.0 Å². The van der Waals surface area contributed by atoms with Crippen LogP contribution in [0.15, 0.2) is 24.5 Å². The van der Waals surface area contributed by atoms with Crippen molar-refractivity contribution in [3.8, 4) is 0 Å². The average molecular weight is 222 g/mol. The van der Waals surface area contributed by atoms with Gasteiger partial charge in [0.05, 0.1) is 7.11 Å². The first kappa shape index (κ1) is 12.2. The zero-order valence-corrected chi connectivity index (χ0v) is 9.27. The second kappa shape index (κ2) is 5.85. The molecule has 0 aliphatic rings. The lowest BCUT2D eigenvalue weighted by molar-refractivity contribution is -0.144. The third kappa shape index (κ3) is 3.68. The molecule has 1 amide bonds. The highest BCUT2D eigenvalue weighted by molar-refractivity contribution is 5.83. The molecule has 86 valence electrons. The number of aromatic nitrogens is 1. The van der Waals surface area contributed by atoms with Crippen LogP contribution in [0, 0.1) is 0 Å². The molecule has 0 fully saturated rings. The summed E-state index contributed by atoms with van der Waals surface area (Å²) in [7, 11) is 1.29. The Bertz CT molecular complexity index is 365. The molecule has 1 rings (SSSR count). The minimum atomic E-state index is -0.660. The molecule has 1 atom stereocenters. The summed E-state index contributed by atoms with van der Waals surface area (Å²) < 4.78 is 4.61. The van der Waals surface area contributed by atoms with E-state index in [-0.39, 0.29) is 5.91 Å². The molecule has 0 spiro atoms. The number of amides is 1. The van der Waals surface area contributed by atoms with Crippen molar-refractivity contribution >= 4 is 11.9 Å². The first-order chi connectivity index (χ1) is 7.63. The molecule has 0 aliphatic carbocycles. The molecule has 0 saturated carbocycles. The number of carbonyl (C=O) groups excluding carboxylic acids is 2. The maximum Gasteiger partial charge on any atom is 0.328 e. The maximum absolute atomic E-state index is 11.4. The quantitative estimate of drug-likeness (QED) is 0.744. The van der Waals surface area contributed by atoms with E-state index in [2.05, 4.69) is 15.0 Å². The standard InChI is InChI=1S/C11H14N2O3/c1-8(14)13-10(11(15)16-2)6-9-4-3-5-12-7-9/h3-5,7,10H,6H2,1-2H3,(H,13,14)/t10-/m0/s1. The number of nitrogens with zero attached hydrogens (tertiary/aromatic N) is 1. The van der Waals surface area contributed by atoms with Gasteiger partial charge in [-0.1, -0.05) is 6.07 Å². The van der Waals surface area contributed by atoms with Gasteiger partial charge in [-0.05, 0) is 11.6 Å². The van der Waals surface area contributed by atoms with Gasteiger partial charge in [-0.25, -0.2) is 4.79 Å². The van der Waals surface area contributed by atoms with Gasteiger partial charge in [0.15, 0.2) is 0 Å². The Labute approximate surface area is 93.8 Å². The van der Waals surface area contributed by atoms with Crippen molar-refractivity contribution in [2.45, 2.75) is 19.4 Å². The molecule has 0 aliphatic heterocycles. The van der Waals surface area contributed by atoms with Crippen molar-refractivity contribution in [3.05, 3.63) is 30.1 Å². The summed E-state index contributed by atoms with van der Waals surface area (Å²) in [6.07, 6.45) is 3.67. The van der Waals surface area contributed by atoms with Crippen LogP contribution in [0.4, 0.5) is 0 Å². The van der Waals surface area contributed by atoms with Crippen LogP contribution in [0.25, 0.3) is 0 Å². The highest BCUT2D eigenvalue weighted by Crippen LogP contribution is 2.02. The smallest absolute Gasteiger partial charge is 0.328 e. The van der Waals surface area contributed by atoms with Gasteiger partial charge in [-0.15, -0.1) is 0 Å². The number of methoxy groups -OCH3 is 1. The van der Waals surface area contributed by atoms with Crippen LogP contribution in [-0.2, 0) is 20.7 Å².